The Morgan fingerprint density at radius 2 is 1.86 bits per heavy atom. The number of guanidine groups is 1. The van der Waals surface area contributed by atoms with Gasteiger partial charge in [-0.05, 0) is 31.7 Å². The molecule has 0 aromatic rings. The maximum atomic E-state index is 6.26. The van der Waals surface area contributed by atoms with Crippen LogP contribution in [0.5, 0.6) is 0 Å². The lowest BCUT2D eigenvalue weighted by atomic mass is 10.0. The lowest BCUT2D eigenvalue weighted by molar-refractivity contribution is 0.0923. The summed E-state index contributed by atoms with van der Waals surface area (Å²) in [4.78, 5) is 12.0. The van der Waals surface area contributed by atoms with Crippen molar-refractivity contribution < 1.29 is 0 Å². The van der Waals surface area contributed by atoms with E-state index in [2.05, 4.69) is 42.5 Å². The van der Waals surface area contributed by atoms with E-state index in [4.69, 9.17) is 10.7 Å². The van der Waals surface area contributed by atoms with Crippen LogP contribution in [-0.2, 0) is 0 Å². The third-order valence-corrected chi connectivity index (χ3v) is 5.20. The molecule has 0 spiro atoms. The van der Waals surface area contributed by atoms with Crippen molar-refractivity contribution in [3.05, 3.63) is 0 Å². The minimum absolute atomic E-state index is 0.509. The van der Waals surface area contributed by atoms with Crippen molar-refractivity contribution in [2.24, 2.45) is 22.6 Å². The maximum absolute atomic E-state index is 6.26. The normalized spacial score (nSPS) is 27.4. The molecule has 2 aliphatic rings. The van der Waals surface area contributed by atoms with E-state index < -0.39 is 0 Å². The van der Waals surface area contributed by atoms with E-state index in [0.717, 1.165) is 57.7 Å². The van der Waals surface area contributed by atoms with Crippen LogP contribution in [0, 0.1) is 11.8 Å². The first kappa shape index (κ1) is 17.5. The van der Waals surface area contributed by atoms with Gasteiger partial charge in [-0.2, -0.15) is 0 Å². The van der Waals surface area contributed by atoms with Crippen LogP contribution in [-0.4, -0.2) is 79.6 Å². The fourth-order valence-electron chi connectivity index (χ4n) is 3.59. The van der Waals surface area contributed by atoms with Crippen molar-refractivity contribution in [2.45, 2.75) is 39.7 Å². The first-order valence-corrected chi connectivity index (χ1v) is 8.95. The van der Waals surface area contributed by atoms with Crippen LogP contribution in [0.4, 0.5) is 0 Å². The molecule has 0 aliphatic carbocycles. The van der Waals surface area contributed by atoms with E-state index >= 15 is 0 Å². The number of likely N-dealkylation sites (N-methyl/N-ethyl adjacent to an activating group) is 1. The van der Waals surface area contributed by atoms with Gasteiger partial charge in [0.1, 0.15) is 0 Å². The molecule has 2 rings (SSSR count). The van der Waals surface area contributed by atoms with Crippen LogP contribution >= 0.6 is 0 Å². The van der Waals surface area contributed by atoms with Crippen LogP contribution in [0.2, 0.25) is 0 Å². The summed E-state index contributed by atoms with van der Waals surface area (Å²) < 4.78 is 0. The third kappa shape index (κ3) is 4.85. The van der Waals surface area contributed by atoms with Crippen LogP contribution in [0.25, 0.3) is 0 Å². The quantitative estimate of drug-likeness (QED) is 0.628. The molecule has 0 saturated carbocycles. The van der Waals surface area contributed by atoms with Gasteiger partial charge in [0.05, 0.1) is 6.54 Å². The van der Waals surface area contributed by atoms with E-state index in [1.54, 1.807) is 0 Å². The number of aliphatic imine (C=N–C) groups is 1. The van der Waals surface area contributed by atoms with Gasteiger partial charge in [-0.1, -0.05) is 20.8 Å². The fourth-order valence-corrected chi connectivity index (χ4v) is 3.59. The topological polar surface area (TPSA) is 48.1 Å². The standard InChI is InChI=1S/C17H35N5/c1-14(2)16(21-10-8-20(4)9-11-21)12-19-17(18)22-7-5-6-15(3)13-22/h14-16H,5-13H2,1-4H3,(H2,18,19). The molecule has 2 atom stereocenters. The average Bonchev–Trinajstić information content (AvgIpc) is 2.48. The predicted octanol–water partition coefficient (Wildman–Crippen LogP) is 1.31. The van der Waals surface area contributed by atoms with Gasteiger partial charge < -0.3 is 15.5 Å². The summed E-state index contributed by atoms with van der Waals surface area (Å²) in [5, 5.41) is 0. The molecule has 2 N–H and O–H groups in total. The lowest BCUT2D eigenvalue weighted by Crippen LogP contribution is -2.52. The molecule has 2 saturated heterocycles. The van der Waals surface area contributed by atoms with E-state index in [1.807, 2.05) is 0 Å². The molecule has 2 fully saturated rings. The molecule has 2 aliphatic heterocycles. The van der Waals surface area contributed by atoms with Gasteiger partial charge in [0.25, 0.3) is 0 Å². The Labute approximate surface area is 136 Å². The highest BCUT2D eigenvalue weighted by Gasteiger charge is 2.25. The number of nitrogens with zero attached hydrogens (tertiary/aromatic N) is 4. The number of likely N-dealkylation sites (tertiary alicyclic amines) is 1. The third-order valence-electron chi connectivity index (χ3n) is 5.20. The number of rotatable bonds is 4. The summed E-state index contributed by atoms with van der Waals surface area (Å²) in [5.41, 5.74) is 6.26. The Hall–Kier alpha value is -0.810. The first-order valence-electron chi connectivity index (χ1n) is 8.95. The van der Waals surface area contributed by atoms with Crippen LogP contribution in [0.1, 0.15) is 33.6 Å². The molecule has 128 valence electrons. The van der Waals surface area contributed by atoms with Crippen molar-refractivity contribution in [1.82, 2.24) is 14.7 Å². The molecule has 0 amide bonds. The second kappa shape index (κ2) is 8.16. The van der Waals surface area contributed by atoms with Crippen molar-refractivity contribution in [3.63, 3.8) is 0 Å². The zero-order chi connectivity index (χ0) is 16.1. The number of piperidine rings is 1. The molecule has 22 heavy (non-hydrogen) atoms. The second-order valence-electron chi connectivity index (χ2n) is 7.54. The van der Waals surface area contributed by atoms with Crippen molar-refractivity contribution in [2.75, 3.05) is 52.9 Å². The van der Waals surface area contributed by atoms with Gasteiger partial charge in [0.15, 0.2) is 5.96 Å². The SMILES string of the molecule is CC1CCCN(C(N)=NCC(C(C)C)N2CCN(C)CC2)C1. The molecule has 5 nitrogen and oxygen atoms in total. The van der Waals surface area contributed by atoms with E-state index in [1.165, 1.54) is 12.8 Å². The average molecular weight is 310 g/mol. The maximum Gasteiger partial charge on any atom is 0.191 e. The number of nitrogens with two attached hydrogens (primary N) is 1. The largest absolute Gasteiger partial charge is 0.370 e. The summed E-state index contributed by atoms with van der Waals surface area (Å²) >= 11 is 0. The zero-order valence-corrected chi connectivity index (χ0v) is 15.0. The van der Waals surface area contributed by atoms with E-state index in [9.17, 15) is 0 Å². The summed E-state index contributed by atoms with van der Waals surface area (Å²) in [6.45, 7) is 14.5. The number of piperazine rings is 1. The molecule has 5 heteroatoms. The molecule has 0 aromatic heterocycles. The fraction of sp³-hybridized carbons (Fsp3) is 0.941. The molecule has 0 aromatic carbocycles. The Kier molecular flexibility index (Phi) is 6.50. The zero-order valence-electron chi connectivity index (χ0n) is 15.0. The van der Waals surface area contributed by atoms with Crippen LogP contribution < -0.4 is 5.73 Å². The number of hydrogen-bond donors (Lipinski definition) is 1. The summed E-state index contributed by atoms with van der Waals surface area (Å²) in [7, 11) is 2.20. The molecule has 0 radical (unpaired) electrons. The van der Waals surface area contributed by atoms with Gasteiger partial charge in [0, 0.05) is 45.3 Å². The summed E-state index contributed by atoms with van der Waals surface area (Å²) in [6, 6.07) is 0.509. The monoisotopic (exact) mass is 309 g/mol. The van der Waals surface area contributed by atoms with Gasteiger partial charge in [-0.25, -0.2) is 0 Å². The molecule has 0 bridgehead atoms. The van der Waals surface area contributed by atoms with Gasteiger partial charge in [0.2, 0.25) is 0 Å². The highest BCUT2D eigenvalue weighted by Crippen LogP contribution is 2.16. The Balaban J connectivity index is 1.91. The Morgan fingerprint density at radius 1 is 1.18 bits per heavy atom. The highest BCUT2D eigenvalue weighted by molar-refractivity contribution is 5.78. The van der Waals surface area contributed by atoms with Crippen molar-refractivity contribution in [3.8, 4) is 0 Å². The molecular weight excluding hydrogens is 274 g/mol. The minimum atomic E-state index is 0.509. The van der Waals surface area contributed by atoms with Crippen LogP contribution in [0.3, 0.4) is 0 Å². The summed E-state index contributed by atoms with van der Waals surface area (Å²) in [5.74, 6) is 2.10. The molecule has 2 heterocycles. The summed E-state index contributed by atoms with van der Waals surface area (Å²) in [6.07, 6.45) is 2.56. The van der Waals surface area contributed by atoms with Gasteiger partial charge in [-0.3, -0.25) is 9.89 Å². The Bertz CT molecular complexity index is 360. The van der Waals surface area contributed by atoms with Crippen molar-refractivity contribution >= 4 is 5.96 Å². The smallest absolute Gasteiger partial charge is 0.191 e. The molecule has 2 unspecified atom stereocenters. The van der Waals surface area contributed by atoms with Gasteiger partial charge >= 0.3 is 0 Å². The molecular formula is C17H35N5. The second-order valence-corrected chi connectivity index (χ2v) is 7.54. The first-order chi connectivity index (χ1) is 10.5. The van der Waals surface area contributed by atoms with E-state index in [0.29, 0.717) is 12.0 Å². The van der Waals surface area contributed by atoms with E-state index in [-0.39, 0.29) is 0 Å². The lowest BCUT2D eigenvalue weighted by Gasteiger charge is -2.39. The highest BCUT2D eigenvalue weighted by atomic mass is 15.3. The predicted molar refractivity (Wildman–Crippen MR) is 94.2 cm³/mol. The Morgan fingerprint density at radius 3 is 2.45 bits per heavy atom. The number of hydrogen-bond acceptors (Lipinski definition) is 3. The van der Waals surface area contributed by atoms with Crippen molar-refractivity contribution in [1.29, 1.82) is 0 Å². The van der Waals surface area contributed by atoms with Gasteiger partial charge in [-0.15, -0.1) is 0 Å². The minimum Gasteiger partial charge on any atom is -0.370 e. The van der Waals surface area contributed by atoms with Crippen LogP contribution in [0.15, 0.2) is 4.99 Å².